The molecule has 1 unspecified atom stereocenters. The summed E-state index contributed by atoms with van der Waals surface area (Å²) in [6.45, 7) is 4.03. The van der Waals surface area contributed by atoms with Crippen molar-refractivity contribution in [3.63, 3.8) is 0 Å². The molecule has 1 aliphatic heterocycles. The van der Waals surface area contributed by atoms with Crippen molar-refractivity contribution in [2.24, 2.45) is 0 Å². The maximum atomic E-state index is 12.7. The van der Waals surface area contributed by atoms with Crippen molar-refractivity contribution in [2.75, 3.05) is 19.8 Å². The third kappa shape index (κ3) is 4.52. The molecule has 4 nitrogen and oxygen atoms in total. The average Bonchev–Trinajstić information content (AvgIpc) is 3.26. The number of hydrogen-bond donors (Lipinski definition) is 0. The molecule has 0 bridgehead atoms. The van der Waals surface area contributed by atoms with Gasteiger partial charge in [-0.1, -0.05) is 30.3 Å². The van der Waals surface area contributed by atoms with E-state index < -0.39 is 0 Å². The number of thiazole rings is 1. The van der Waals surface area contributed by atoms with E-state index >= 15 is 0 Å². The zero-order chi connectivity index (χ0) is 16.8. The summed E-state index contributed by atoms with van der Waals surface area (Å²) < 4.78 is 5.48. The Hall–Kier alpha value is -1.98. The minimum Gasteiger partial charge on any atom is -0.379 e. The molecule has 1 fully saturated rings. The first-order valence-electron chi connectivity index (χ1n) is 8.25. The predicted molar refractivity (Wildman–Crippen MR) is 97.0 cm³/mol. The minimum absolute atomic E-state index is 0.0343. The Balaban J connectivity index is 1.66. The van der Waals surface area contributed by atoms with Crippen LogP contribution in [0, 0.1) is 6.92 Å². The third-order valence-electron chi connectivity index (χ3n) is 4.15. The van der Waals surface area contributed by atoms with Gasteiger partial charge >= 0.3 is 0 Å². The fraction of sp³-hybridized carbons (Fsp3) is 0.368. The van der Waals surface area contributed by atoms with Gasteiger partial charge < -0.3 is 9.64 Å². The summed E-state index contributed by atoms with van der Waals surface area (Å²) in [5, 5.41) is 2.97. The number of hydrogen-bond acceptors (Lipinski definition) is 4. The minimum atomic E-state index is 0.0343. The second kappa shape index (κ2) is 8.22. The average molecular weight is 342 g/mol. The van der Waals surface area contributed by atoms with Gasteiger partial charge in [0.25, 0.3) is 0 Å². The van der Waals surface area contributed by atoms with Crippen LogP contribution in [0.5, 0.6) is 0 Å². The first kappa shape index (κ1) is 16.9. The Labute approximate surface area is 146 Å². The smallest absolute Gasteiger partial charge is 0.246 e. The van der Waals surface area contributed by atoms with E-state index in [2.05, 4.69) is 17.1 Å². The lowest BCUT2D eigenvalue weighted by Crippen LogP contribution is -2.41. The molecule has 0 saturated carbocycles. The molecule has 2 aromatic rings. The molecular weight excluding hydrogens is 320 g/mol. The molecule has 1 amide bonds. The molecule has 2 heterocycles. The van der Waals surface area contributed by atoms with Crippen molar-refractivity contribution in [1.29, 1.82) is 0 Å². The van der Waals surface area contributed by atoms with Crippen LogP contribution < -0.4 is 0 Å². The molecule has 1 atom stereocenters. The number of amides is 1. The highest BCUT2D eigenvalue weighted by molar-refractivity contribution is 7.09. The first-order chi connectivity index (χ1) is 11.7. The molecule has 0 N–H and O–H groups in total. The zero-order valence-corrected chi connectivity index (χ0v) is 14.7. The standard InChI is InChI=1S/C19H22N2O2S/c1-15-20-17(14-24-15)7-8-19(22)21(18-10-12-23-13-18)11-9-16-5-3-2-4-6-16/h2-8,14,18H,9-13H2,1H3. The lowest BCUT2D eigenvalue weighted by molar-refractivity contribution is -0.128. The molecule has 0 aliphatic carbocycles. The summed E-state index contributed by atoms with van der Waals surface area (Å²) in [6, 6.07) is 10.4. The van der Waals surface area contributed by atoms with Gasteiger partial charge in [-0.2, -0.15) is 0 Å². The van der Waals surface area contributed by atoms with Crippen LogP contribution in [0.15, 0.2) is 41.8 Å². The number of aromatic nitrogens is 1. The molecule has 1 saturated heterocycles. The molecule has 0 radical (unpaired) electrons. The number of ether oxygens (including phenoxy) is 1. The van der Waals surface area contributed by atoms with E-state index in [0.29, 0.717) is 13.2 Å². The second-order valence-electron chi connectivity index (χ2n) is 5.91. The van der Waals surface area contributed by atoms with Crippen LogP contribution in [-0.4, -0.2) is 41.6 Å². The monoisotopic (exact) mass is 342 g/mol. The fourth-order valence-corrected chi connectivity index (χ4v) is 3.42. The third-order valence-corrected chi connectivity index (χ3v) is 4.94. The van der Waals surface area contributed by atoms with Crippen LogP contribution in [0.2, 0.25) is 0 Å². The van der Waals surface area contributed by atoms with Crippen molar-refractivity contribution in [3.8, 4) is 0 Å². The van der Waals surface area contributed by atoms with Gasteiger partial charge in [0.1, 0.15) is 0 Å². The van der Waals surface area contributed by atoms with Gasteiger partial charge in [-0.05, 0) is 31.4 Å². The number of benzene rings is 1. The predicted octanol–water partition coefficient (Wildman–Crippen LogP) is 3.32. The van der Waals surface area contributed by atoms with Crippen LogP contribution in [-0.2, 0) is 16.0 Å². The lowest BCUT2D eigenvalue weighted by Gasteiger charge is -2.27. The molecule has 126 valence electrons. The highest BCUT2D eigenvalue weighted by Crippen LogP contribution is 2.15. The lowest BCUT2D eigenvalue weighted by atomic mass is 10.1. The Morgan fingerprint density at radius 3 is 2.92 bits per heavy atom. The summed E-state index contributed by atoms with van der Waals surface area (Å²) in [5.41, 5.74) is 2.09. The van der Waals surface area contributed by atoms with E-state index in [9.17, 15) is 4.79 Å². The van der Waals surface area contributed by atoms with Crippen molar-refractivity contribution in [2.45, 2.75) is 25.8 Å². The van der Waals surface area contributed by atoms with Crippen molar-refractivity contribution >= 4 is 23.3 Å². The van der Waals surface area contributed by atoms with Gasteiger partial charge in [-0.25, -0.2) is 4.98 Å². The summed E-state index contributed by atoms with van der Waals surface area (Å²) in [5.74, 6) is 0.0343. The number of nitrogens with zero attached hydrogens (tertiary/aromatic N) is 2. The van der Waals surface area contributed by atoms with Crippen LogP contribution in [0.1, 0.15) is 22.7 Å². The van der Waals surface area contributed by atoms with Gasteiger partial charge in [-0.3, -0.25) is 4.79 Å². The Bertz CT molecular complexity index is 690. The largest absolute Gasteiger partial charge is 0.379 e. The summed E-state index contributed by atoms with van der Waals surface area (Å²) in [4.78, 5) is 19.0. The summed E-state index contributed by atoms with van der Waals surface area (Å²) >= 11 is 1.59. The number of rotatable bonds is 6. The second-order valence-corrected chi connectivity index (χ2v) is 6.97. The van der Waals surface area contributed by atoms with E-state index in [-0.39, 0.29) is 11.9 Å². The number of aryl methyl sites for hydroxylation is 1. The van der Waals surface area contributed by atoms with E-state index in [4.69, 9.17) is 4.74 Å². The molecule has 1 aliphatic rings. The molecule has 1 aromatic carbocycles. The maximum absolute atomic E-state index is 12.7. The molecule has 0 spiro atoms. The fourth-order valence-electron chi connectivity index (χ4n) is 2.84. The van der Waals surface area contributed by atoms with Crippen LogP contribution in [0.3, 0.4) is 0 Å². The highest BCUT2D eigenvalue weighted by Gasteiger charge is 2.25. The maximum Gasteiger partial charge on any atom is 0.246 e. The van der Waals surface area contributed by atoms with Gasteiger partial charge in [0.05, 0.1) is 23.4 Å². The van der Waals surface area contributed by atoms with E-state index in [0.717, 1.165) is 30.2 Å². The van der Waals surface area contributed by atoms with Gasteiger partial charge in [0.2, 0.25) is 5.91 Å². The summed E-state index contributed by atoms with van der Waals surface area (Å²) in [6.07, 6.45) is 5.20. The SMILES string of the molecule is Cc1nc(C=CC(=O)N(CCc2ccccc2)C2CCOC2)cs1. The normalized spacial score (nSPS) is 17.5. The quantitative estimate of drug-likeness (QED) is 0.756. The highest BCUT2D eigenvalue weighted by atomic mass is 32.1. The molecular formula is C19H22N2O2S. The number of carbonyl (C=O) groups excluding carboxylic acids is 1. The van der Waals surface area contributed by atoms with Gasteiger partial charge in [-0.15, -0.1) is 11.3 Å². The van der Waals surface area contributed by atoms with E-state index in [1.165, 1.54) is 5.56 Å². The van der Waals surface area contributed by atoms with Crippen molar-refractivity contribution in [1.82, 2.24) is 9.88 Å². The van der Waals surface area contributed by atoms with Crippen LogP contribution in [0.25, 0.3) is 6.08 Å². The Morgan fingerprint density at radius 1 is 1.42 bits per heavy atom. The first-order valence-corrected chi connectivity index (χ1v) is 9.13. The zero-order valence-electron chi connectivity index (χ0n) is 13.9. The van der Waals surface area contributed by atoms with E-state index in [1.807, 2.05) is 35.4 Å². The molecule has 5 heteroatoms. The molecule has 1 aromatic heterocycles. The Kier molecular flexibility index (Phi) is 5.77. The number of carbonyl (C=O) groups is 1. The van der Waals surface area contributed by atoms with Crippen molar-refractivity contribution in [3.05, 3.63) is 58.1 Å². The van der Waals surface area contributed by atoms with Gasteiger partial charge in [0.15, 0.2) is 0 Å². The van der Waals surface area contributed by atoms with E-state index in [1.54, 1.807) is 23.5 Å². The van der Waals surface area contributed by atoms with Crippen LogP contribution >= 0.6 is 11.3 Å². The summed E-state index contributed by atoms with van der Waals surface area (Å²) in [7, 11) is 0. The Morgan fingerprint density at radius 2 is 2.25 bits per heavy atom. The topological polar surface area (TPSA) is 42.4 Å². The molecule has 24 heavy (non-hydrogen) atoms. The molecule has 3 rings (SSSR count). The van der Waals surface area contributed by atoms with Crippen LogP contribution in [0.4, 0.5) is 0 Å². The van der Waals surface area contributed by atoms with Crippen molar-refractivity contribution < 1.29 is 9.53 Å². The van der Waals surface area contributed by atoms with Gasteiger partial charge in [0, 0.05) is 24.6 Å².